The Hall–Kier alpha value is -2.83. The Morgan fingerprint density at radius 2 is 1.83 bits per heavy atom. The molecule has 1 aromatic rings. The molecule has 0 atom stereocenters. The van der Waals surface area contributed by atoms with E-state index in [1.807, 2.05) is 0 Å². The third kappa shape index (κ3) is 4.34. The molecule has 1 aromatic carbocycles. The zero-order valence-corrected chi connectivity index (χ0v) is 13.8. The van der Waals surface area contributed by atoms with Crippen LogP contribution >= 0.6 is 0 Å². The van der Waals surface area contributed by atoms with Crippen LogP contribution in [0.4, 0.5) is 5.69 Å². The highest BCUT2D eigenvalue weighted by atomic mass is 16.7. The molecule has 0 bridgehead atoms. The SMILES string of the molecule is CCOC(=O)Cc1ccccc1NC=C1C(=O)OC(C)(C)OC1=O. The van der Waals surface area contributed by atoms with Gasteiger partial charge in [-0.2, -0.15) is 0 Å². The second-order valence-corrected chi connectivity index (χ2v) is 5.52. The number of cyclic esters (lactones) is 2. The zero-order valence-electron chi connectivity index (χ0n) is 13.8. The van der Waals surface area contributed by atoms with Crippen LogP contribution in [0.1, 0.15) is 26.3 Å². The van der Waals surface area contributed by atoms with Crippen LogP contribution in [0.2, 0.25) is 0 Å². The summed E-state index contributed by atoms with van der Waals surface area (Å²) in [5, 5.41) is 2.85. The van der Waals surface area contributed by atoms with Gasteiger partial charge in [0, 0.05) is 25.7 Å². The Bertz CT molecular complexity index is 670. The van der Waals surface area contributed by atoms with Gasteiger partial charge in [0.2, 0.25) is 0 Å². The minimum absolute atomic E-state index is 0.0715. The molecule has 0 spiro atoms. The van der Waals surface area contributed by atoms with Gasteiger partial charge in [0.1, 0.15) is 0 Å². The third-order valence-corrected chi connectivity index (χ3v) is 3.15. The summed E-state index contributed by atoms with van der Waals surface area (Å²) in [6, 6.07) is 7.00. The average molecular weight is 333 g/mol. The molecule has 24 heavy (non-hydrogen) atoms. The maximum atomic E-state index is 11.9. The van der Waals surface area contributed by atoms with E-state index in [1.54, 1.807) is 31.2 Å². The summed E-state index contributed by atoms with van der Waals surface area (Å²) in [5.74, 6) is -3.19. The maximum Gasteiger partial charge on any atom is 0.350 e. The Morgan fingerprint density at radius 3 is 2.46 bits per heavy atom. The standard InChI is InChI=1S/C17H19NO6/c1-4-22-14(19)9-11-7-5-6-8-13(11)18-10-12-15(20)23-17(2,3)24-16(12)21/h5-8,10,18H,4,9H2,1-3H3. The van der Waals surface area contributed by atoms with Gasteiger partial charge in [0.05, 0.1) is 13.0 Å². The predicted molar refractivity (Wildman–Crippen MR) is 84.7 cm³/mol. The third-order valence-electron chi connectivity index (χ3n) is 3.15. The van der Waals surface area contributed by atoms with E-state index in [9.17, 15) is 14.4 Å². The Kier molecular flexibility index (Phi) is 5.23. The summed E-state index contributed by atoms with van der Waals surface area (Å²) in [6.45, 7) is 4.98. The van der Waals surface area contributed by atoms with Gasteiger partial charge in [-0.1, -0.05) is 18.2 Å². The molecule has 1 saturated heterocycles. The fourth-order valence-electron chi connectivity index (χ4n) is 2.11. The minimum Gasteiger partial charge on any atom is -0.466 e. The maximum absolute atomic E-state index is 11.9. The molecule has 1 aliphatic heterocycles. The fourth-order valence-corrected chi connectivity index (χ4v) is 2.11. The van der Waals surface area contributed by atoms with Crippen LogP contribution < -0.4 is 5.32 Å². The van der Waals surface area contributed by atoms with Crippen LogP contribution in [0.15, 0.2) is 36.0 Å². The van der Waals surface area contributed by atoms with E-state index in [0.717, 1.165) is 0 Å². The van der Waals surface area contributed by atoms with Crippen molar-refractivity contribution in [3.63, 3.8) is 0 Å². The summed E-state index contributed by atoms with van der Waals surface area (Å²) in [4.78, 5) is 35.4. The number of esters is 3. The molecule has 1 heterocycles. The molecule has 0 saturated carbocycles. The Balaban J connectivity index is 2.15. The van der Waals surface area contributed by atoms with Crippen molar-refractivity contribution in [2.75, 3.05) is 11.9 Å². The van der Waals surface area contributed by atoms with Crippen molar-refractivity contribution in [1.82, 2.24) is 0 Å². The van der Waals surface area contributed by atoms with Crippen molar-refractivity contribution in [2.24, 2.45) is 0 Å². The highest BCUT2D eigenvalue weighted by molar-refractivity contribution is 6.15. The number of hydrogen-bond donors (Lipinski definition) is 1. The van der Waals surface area contributed by atoms with Crippen LogP contribution in [-0.4, -0.2) is 30.3 Å². The lowest BCUT2D eigenvalue weighted by Crippen LogP contribution is -2.42. The van der Waals surface area contributed by atoms with Gasteiger partial charge in [-0.3, -0.25) is 4.79 Å². The normalized spacial score (nSPS) is 16.0. The van der Waals surface area contributed by atoms with Gasteiger partial charge in [-0.05, 0) is 18.6 Å². The molecular weight excluding hydrogens is 314 g/mol. The van der Waals surface area contributed by atoms with Gasteiger partial charge in [0.15, 0.2) is 5.57 Å². The summed E-state index contributed by atoms with van der Waals surface area (Å²) in [7, 11) is 0. The van der Waals surface area contributed by atoms with Crippen molar-refractivity contribution >= 4 is 23.6 Å². The van der Waals surface area contributed by atoms with Crippen LogP contribution in [-0.2, 0) is 35.0 Å². The highest BCUT2D eigenvalue weighted by Crippen LogP contribution is 2.23. The van der Waals surface area contributed by atoms with Crippen LogP contribution in [0, 0.1) is 0 Å². The summed E-state index contributed by atoms with van der Waals surface area (Å²) >= 11 is 0. The van der Waals surface area contributed by atoms with Crippen LogP contribution in [0.25, 0.3) is 0 Å². The van der Waals surface area contributed by atoms with Crippen molar-refractivity contribution in [2.45, 2.75) is 33.0 Å². The number of benzene rings is 1. The van der Waals surface area contributed by atoms with Gasteiger partial charge in [0.25, 0.3) is 5.79 Å². The molecule has 7 nitrogen and oxygen atoms in total. The summed E-state index contributed by atoms with van der Waals surface area (Å²) < 4.78 is 14.9. The van der Waals surface area contributed by atoms with Crippen LogP contribution in [0.3, 0.4) is 0 Å². The van der Waals surface area contributed by atoms with Crippen molar-refractivity contribution < 1.29 is 28.6 Å². The monoisotopic (exact) mass is 333 g/mol. The number of carbonyl (C=O) groups is 3. The van der Waals surface area contributed by atoms with E-state index < -0.39 is 17.7 Å². The first-order valence-corrected chi connectivity index (χ1v) is 7.49. The number of rotatable bonds is 5. The molecule has 128 valence electrons. The number of carbonyl (C=O) groups excluding carboxylic acids is 3. The molecule has 1 fully saturated rings. The van der Waals surface area contributed by atoms with E-state index in [1.165, 1.54) is 20.0 Å². The quantitative estimate of drug-likeness (QED) is 0.500. The first-order chi connectivity index (χ1) is 11.3. The smallest absolute Gasteiger partial charge is 0.350 e. The lowest BCUT2D eigenvalue weighted by Gasteiger charge is -2.29. The second kappa shape index (κ2) is 7.16. The molecule has 7 heteroatoms. The average Bonchev–Trinajstić information content (AvgIpc) is 2.47. The largest absolute Gasteiger partial charge is 0.466 e. The van der Waals surface area contributed by atoms with Gasteiger partial charge in [-0.25, -0.2) is 9.59 Å². The lowest BCUT2D eigenvalue weighted by molar-refractivity contribution is -0.222. The van der Waals surface area contributed by atoms with E-state index in [4.69, 9.17) is 14.2 Å². The minimum atomic E-state index is -1.28. The first-order valence-electron chi connectivity index (χ1n) is 7.49. The summed E-state index contributed by atoms with van der Waals surface area (Å²) in [6.07, 6.45) is 1.28. The van der Waals surface area contributed by atoms with Gasteiger partial charge < -0.3 is 19.5 Å². The number of anilines is 1. The molecular formula is C17H19NO6. The summed E-state index contributed by atoms with van der Waals surface area (Å²) in [5.41, 5.74) is 0.995. The molecule has 1 N–H and O–H groups in total. The zero-order chi connectivity index (χ0) is 17.7. The Morgan fingerprint density at radius 1 is 1.21 bits per heavy atom. The number of para-hydroxylation sites is 1. The molecule has 0 amide bonds. The molecule has 0 aromatic heterocycles. The first kappa shape index (κ1) is 17.5. The topological polar surface area (TPSA) is 90.9 Å². The van der Waals surface area contributed by atoms with Gasteiger partial charge in [-0.15, -0.1) is 0 Å². The van der Waals surface area contributed by atoms with Gasteiger partial charge >= 0.3 is 17.9 Å². The molecule has 0 unspecified atom stereocenters. The van der Waals surface area contributed by atoms with Crippen molar-refractivity contribution in [1.29, 1.82) is 0 Å². The van der Waals surface area contributed by atoms with E-state index in [2.05, 4.69) is 5.32 Å². The van der Waals surface area contributed by atoms with Crippen molar-refractivity contribution in [3.05, 3.63) is 41.6 Å². The number of ether oxygens (including phenoxy) is 3. The molecule has 0 radical (unpaired) electrons. The Labute approximate surface area is 139 Å². The highest BCUT2D eigenvalue weighted by Gasteiger charge is 2.38. The van der Waals surface area contributed by atoms with Crippen LogP contribution in [0.5, 0.6) is 0 Å². The van der Waals surface area contributed by atoms with E-state index in [-0.39, 0.29) is 18.0 Å². The van der Waals surface area contributed by atoms with Crippen molar-refractivity contribution in [3.8, 4) is 0 Å². The fraction of sp³-hybridized carbons (Fsp3) is 0.353. The second-order valence-electron chi connectivity index (χ2n) is 5.52. The number of hydrogen-bond acceptors (Lipinski definition) is 7. The molecule has 2 rings (SSSR count). The predicted octanol–water partition coefficient (Wildman–Crippen LogP) is 1.92. The van der Waals surface area contributed by atoms with E-state index in [0.29, 0.717) is 17.9 Å². The molecule has 0 aliphatic carbocycles. The van der Waals surface area contributed by atoms with E-state index >= 15 is 0 Å². The number of nitrogens with one attached hydrogen (secondary N) is 1. The molecule has 1 aliphatic rings. The lowest BCUT2D eigenvalue weighted by atomic mass is 10.1.